The molecule has 2 aliphatic rings. The van der Waals surface area contributed by atoms with Crippen molar-refractivity contribution in [2.75, 3.05) is 42.5 Å². The maximum absolute atomic E-state index is 13.0. The van der Waals surface area contributed by atoms with Crippen molar-refractivity contribution in [1.29, 1.82) is 0 Å². The quantitative estimate of drug-likeness (QED) is 0.867. The predicted octanol–water partition coefficient (Wildman–Crippen LogP) is 2.66. The summed E-state index contributed by atoms with van der Waals surface area (Å²) in [6.07, 6.45) is 1.25. The van der Waals surface area contributed by atoms with E-state index in [1.54, 1.807) is 17.0 Å². The zero-order chi connectivity index (χ0) is 20.4. The fraction of sp³-hybridized carbons (Fsp3) is 0.391. The highest BCUT2D eigenvalue weighted by Crippen LogP contribution is 2.27. The van der Waals surface area contributed by atoms with Crippen LogP contribution in [0.15, 0.2) is 48.5 Å². The third-order valence-electron chi connectivity index (χ3n) is 5.94. The first-order chi connectivity index (χ1) is 14.0. The van der Waals surface area contributed by atoms with Crippen molar-refractivity contribution in [3.63, 3.8) is 0 Å². The molecule has 0 radical (unpaired) electrons. The highest BCUT2D eigenvalue weighted by molar-refractivity contribution is 6.00. The summed E-state index contributed by atoms with van der Waals surface area (Å²) in [5.74, 6) is 0.0858. The fourth-order valence-electron chi connectivity index (χ4n) is 4.14. The summed E-state index contributed by atoms with van der Waals surface area (Å²) in [6, 6.07) is 15.2. The van der Waals surface area contributed by atoms with Gasteiger partial charge in [0.2, 0.25) is 11.8 Å². The topological polar surface area (TPSA) is 64.1 Å². The molecule has 2 heterocycles. The number of hydrogen-bond acceptors (Lipinski definition) is 4. The van der Waals surface area contributed by atoms with Crippen LogP contribution in [0, 0.1) is 5.92 Å². The number of amides is 2. The van der Waals surface area contributed by atoms with E-state index in [1.807, 2.05) is 41.3 Å². The molecule has 2 fully saturated rings. The lowest BCUT2D eigenvalue weighted by Gasteiger charge is -2.37. The Balaban J connectivity index is 1.35. The van der Waals surface area contributed by atoms with E-state index in [9.17, 15) is 14.7 Å². The molecule has 0 spiro atoms. The van der Waals surface area contributed by atoms with Crippen molar-refractivity contribution >= 4 is 23.2 Å². The molecule has 2 aliphatic heterocycles. The zero-order valence-electron chi connectivity index (χ0n) is 16.8. The van der Waals surface area contributed by atoms with Gasteiger partial charge in [-0.2, -0.15) is 0 Å². The molecule has 0 aliphatic carbocycles. The van der Waals surface area contributed by atoms with Gasteiger partial charge in [0.15, 0.2) is 0 Å². The first-order valence-electron chi connectivity index (χ1n) is 10.3. The van der Waals surface area contributed by atoms with Crippen molar-refractivity contribution in [3.05, 3.63) is 54.1 Å². The molecule has 1 atom stereocenters. The molecule has 2 aromatic carbocycles. The highest BCUT2D eigenvalue weighted by atomic mass is 16.3. The second-order valence-corrected chi connectivity index (χ2v) is 7.75. The Bertz CT molecular complexity index is 871. The van der Waals surface area contributed by atoms with Gasteiger partial charge < -0.3 is 19.8 Å². The van der Waals surface area contributed by atoms with Crippen LogP contribution in [0.5, 0.6) is 5.75 Å². The number of nitrogens with zero attached hydrogens (tertiary/aromatic N) is 3. The lowest BCUT2D eigenvalue weighted by molar-refractivity contribution is -0.136. The molecule has 2 amide bonds. The van der Waals surface area contributed by atoms with Gasteiger partial charge >= 0.3 is 0 Å². The van der Waals surface area contributed by atoms with E-state index in [4.69, 9.17) is 0 Å². The van der Waals surface area contributed by atoms with Crippen molar-refractivity contribution in [1.82, 2.24) is 4.90 Å². The molecule has 6 heteroatoms. The van der Waals surface area contributed by atoms with Crippen LogP contribution in [-0.4, -0.2) is 54.5 Å². The zero-order valence-corrected chi connectivity index (χ0v) is 16.8. The molecule has 4 rings (SSSR count). The maximum atomic E-state index is 13.0. The van der Waals surface area contributed by atoms with E-state index in [-0.39, 0.29) is 29.9 Å². The molecule has 0 saturated carbocycles. The van der Waals surface area contributed by atoms with Gasteiger partial charge in [-0.05, 0) is 48.4 Å². The van der Waals surface area contributed by atoms with Gasteiger partial charge in [-0.15, -0.1) is 0 Å². The molecule has 29 heavy (non-hydrogen) atoms. The molecular weight excluding hydrogens is 366 g/mol. The van der Waals surface area contributed by atoms with Gasteiger partial charge in [-0.25, -0.2) is 0 Å². The Hall–Kier alpha value is -3.02. The predicted molar refractivity (Wildman–Crippen MR) is 113 cm³/mol. The van der Waals surface area contributed by atoms with Crippen LogP contribution in [-0.2, 0) is 16.0 Å². The summed E-state index contributed by atoms with van der Waals surface area (Å²) in [5, 5.41) is 9.44. The lowest BCUT2D eigenvalue weighted by Crippen LogP contribution is -2.50. The third-order valence-corrected chi connectivity index (χ3v) is 5.94. The number of hydrogen-bond donors (Lipinski definition) is 1. The number of rotatable bonds is 4. The molecule has 2 aromatic rings. The number of aryl methyl sites for hydroxylation is 1. The van der Waals surface area contributed by atoms with Crippen LogP contribution >= 0.6 is 0 Å². The van der Waals surface area contributed by atoms with Crippen LogP contribution in [0.25, 0.3) is 0 Å². The summed E-state index contributed by atoms with van der Waals surface area (Å²) >= 11 is 0. The number of phenolic OH excluding ortho intramolecular Hbond substituents is 1. The number of carbonyl (C=O) groups excluding carboxylic acids is 2. The van der Waals surface area contributed by atoms with Crippen molar-refractivity contribution in [3.8, 4) is 5.75 Å². The fourth-order valence-corrected chi connectivity index (χ4v) is 4.14. The van der Waals surface area contributed by atoms with Crippen LogP contribution in [0.1, 0.15) is 18.9 Å². The van der Waals surface area contributed by atoms with Crippen LogP contribution in [0.3, 0.4) is 0 Å². The normalized spacial score (nSPS) is 19.7. The average Bonchev–Trinajstić information content (AvgIpc) is 3.15. The molecule has 0 aromatic heterocycles. The SMILES string of the molecule is CCc1ccc(N2CC(C(=O)N3CCN(c4ccc(O)cc4)CC3)CC2=O)cc1. The third kappa shape index (κ3) is 4.06. The number of anilines is 2. The number of phenols is 1. The average molecular weight is 393 g/mol. The molecule has 2 saturated heterocycles. The van der Waals surface area contributed by atoms with Gasteiger partial charge in [0.05, 0.1) is 5.92 Å². The molecule has 152 valence electrons. The molecule has 1 N–H and O–H groups in total. The Kier molecular flexibility index (Phi) is 5.43. The van der Waals surface area contributed by atoms with Crippen LogP contribution in [0.4, 0.5) is 11.4 Å². The van der Waals surface area contributed by atoms with Crippen LogP contribution in [0.2, 0.25) is 0 Å². The van der Waals surface area contributed by atoms with Crippen LogP contribution < -0.4 is 9.80 Å². The lowest BCUT2D eigenvalue weighted by atomic mass is 10.1. The van der Waals surface area contributed by atoms with Crippen molar-refractivity contribution < 1.29 is 14.7 Å². The number of carbonyl (C=O) groups is 2. The van der Waals surface area contributed by atoms with Gasteiger partial charge in [0, 0.05) is 50.5 Å². The molecular formula is C23H27N3O3. The van der Waals surface area contributed by atoms with Gasteiger partial charge in [0.1, 0.15) is 5.75 Å². The minimum atomic E-state index is -0.270. The van der Waals surface area contributed by atoms with Gasteiger partial charge in [-0.1, -0.05) is 19.1 Å². The number of benzene rings is 2. The van der Waals surface area contributed by atoms with E-state index in [1.165, 1.54) is 5.56 Å². The maximum Gasteiger partial charge on any atom is 0.228 e. The minimum Gasteiger partial charge on any atom is -0.508 e. The molecule has 6 nitrogen and oxygen atoms in total. The second kappa shape index (κ2) is 8.15. The monoisotopic (exact) mass is 393 g/mol. The second-order valence-electron chi connectivity index (χ2n) is 7.75. The number of aromatic hydroxyl groups is 1. The van der Waals surface area contributed by atoms with E-state index < -0.39 is 0 Å². The van der Waals surface area contributed by atoms with E-state index in [2.05, 4.69) is 11.8 Å². The van der Waals surface area contributed by atoms with Gasteiger partial charge in [-0.3, -0.25) is 9.59 Å². The Morgan fingerprint density at radius 1 is 0.966 bits per heavy atom. The summed E-state index contributed by atoms with van der Waals surface area (Å²) in [4.78, 5) is 31.4. The van der Waals surface area contributed by atoms with Crippen molar-refractivity contribution in [2.45, 2.75) is 19.8 Å². The van der Waals surface area contributed by atoms with E-state index in [0.717, 1.165) is 30.9 Å². The van der Waals surface area contributed by atoms with E-state index in [0.29, 0.717) is 19.6 Å². The first-order valence-corrected chi connectivity index (χ1v) is 10.3. The number of piperazine rings is 1. The summed E-state index contributed by atoms with van der Waals surface area (Å²) in [6.45, 7) is 5.36. The smallest absolute Gasteiger partial charge is 0.228 e. The summed E-state index contributed by atoms with van der Waals surface area (Å²) in [7, 11) is 0. The summed E-state index contributed by atoms with van der Waals surface area (Å²) in [5.41, 5.74) is 3.16. The Labute approximate surface area is 171 Å². The Morgan fingerprint density at radius 2 is 1.59 bits per heavy atom. The largest absolute Gasteiger partial charge is 0.508 e. The van der Waals surface area contributed by atoms with E-state index >= 15 is 0 Å². The summed E-state index contributed by atoms with van der Waals surface area (Å²) < 4.78 is 0. The van der Waals surface area contributed by atoms with Crippen molar-refractivity contribution in [2.24, 2.45) is 5.92 Å². The molecule has 0 bridgehead atoms. The molecule has 1 unspecified atom stereocenters. The minimum absolute atomic E-state index is 0.0235. The standard InChI is InChI=1S/C23H27N3O3/c1-2-17-3-5-20(6-4-17)26-16-18(15-22(26)28)23(29)25-13-11-24(12-14-25)19-7-9-21(27)10-8-19/h3-10,18,27H,2,11-16H2,1H3. The Morgan fingerprint density at radius 3 is 2.21 bits per heavy atom. The highest BCUT2D eigenvalue weighted by Gasteiger charge is 2.37. The van der Waals surface area contributed by atoms with Gasteiger partial charge in [0.25, 0.3) is 0 Å². The first kappa shape index (κ1) is 19.3.